The Balaban J connectivity index is 1.90. The first kappa shape index (κ1) is 16.3. The number of benzene rings is 1. The smallest absolute Gasteiger partial charge is 0.122 e. The summed E-state index contributed by atoms with van der Waals surface area (Å²) in [7, 11) is 3.56. The van der Waals surface area contributed by atoms with Crippen LogP contribution in [-0.2, 0) is 25.6 Å². The Morgan fingerprint density at radius 1 is 1.48 bits per heavy atom. The highest BCUT2D eigenvalue weighted by atomic mass is 35.5. The summed E-state index contributed by atoms with van der Waals surface area (Å²) in [5.74, 6) is 0.883. The molecular formula is C17H22ClN3O2. The van der Waals surface area contributed by atoms with Gasteiger partial charge in [-0.15, -0.1) is 0 Å². The predicted octanol–water partition coefficient (Wildman–Crippen LogP) is 2.31. The van der Waals surface area contributed by atoms with E-state index in [9.17, 15) is 5.11 Å². The molecule has 1 aromatic carbocycles. The van der Waals surface area contributed by atoms with Gasteiger partial charge < -0.3 is 9.84 Å². The van der Waals surface area contributed by atoms with E-state index in [0.717, 1.165) is 35.5 Å². The molecule has 2 aromatic rings. The Morgan fingerprint density at radius 2 is 2.26 bits per heavy atom. The SMILES string of the molecule is COc1cccc2c1CCC2(CO)NCc1c(Cl)c(C)nn1C. The number of rotatable bonds is 5. The lowest BCUT2D eigenvalue weighted by atomic mass is 9.92. The summed E-state index contributed by atoms with van der Waals surface area (Å²) >= 11 is 6.33. The monoisotopic (exact) mass is 335 g/mol. The quantitative estimate of drug-likeness (QED) is 0.880. The van der Waals surface area contributed by atoms with E-state index in [4.69, 9.17) is 16.3 Å². The molecule has 0 radical (unpaired) electrons. The van der Waals surface area contributed by atoms with Gasteiger partial charge in [0.25, 0.3) is 0 Å². The van der Waals surface area contributed by atoms with E-state index in [-0.39, 0.29) is 6.61 Å². The summed E-state index contributed by atoms with van der Waals surface area (Å²) in [6, 6.07) is 5.99. The first-order valence-corrected chi connectivity index (χ1v) is 8.10. The van der Waals surface area contributed by atoms with Gasteiger partial charge in [-0.25, -0.2) is 0 Å². The molecule has 0 bridgehead atoms. The largest absolute Gasteiger partial charge is 0.496 e. The summed E-state index contributed by atoms with van der Waals surface area (Å²) in [5, 5.41) is 18.6. The van der Waals surface area contributed by atoms with Gasteiger partial charge in [-0.3, -0.25) is 10.00 Å². The van der Waals surface area contributed by atoms with Crippen LogP contribution >= 0.6 is 11.6 Å². The molecule has 23 heavy (non-hydrogen) atoms. The minimum Gasteiger partial charge on any atom is -0.496 e. The second-order valence-electron chi connectivity index (χ2n) is 6.05. The average Bonchev–Trinajstić information content (AvgIpc) is 3.04. The van der Waals surface area contributed by atoms with E-state index in [1.54, 1.807) is 11.8 Å². The molecule has 0 aliphatic heterocycles. The van der Waals surface area contributed by atoms with E-state index in [0.29, 0.717) is 11.6 Å². The first-order valence-electron chi connectivity index (χ1n) is 7.72. The van der Waals surface area contributed by atoms with Crippen molar-refractivity contribution >= 4 is 11.6 Å². The number of fused-ring (bicyclic) bond motifs is 1. The van der Waals surface area contributed by atoms with Gasteiger partial charge in [0.1, 0.15) is 5.75 Å². The van der Waals surface area contributed by atoms with Gasteiger partial charge in [-0.05, 0) is 37.0 Å². The van der Waals surface area contributed by atoms with Crippen LogP contribution in [0.3, 0.4) is 0 Å². The summed E-state index contributed by atoms with van der Waals surface area (Å²) in [5.41, 5.74) is 3.55. The highest BCUT2D eigenvalue weighted by Gasteiger charge is 2.39. The van der Waals surface area contributed by atoms with Gasteiger partial charge in [0.2, 0.25) is 0 Å². The van der Waals surface area contributed by atoms with E-state index < -0.39 is 5.54 Å². The van der Waals surface area contributed by atoms with Crippen molar-refractivity contribution in [3.63, 3.8) is 0 Å². The number of aliphatic hydroxyl groups is 1. The lowest BCUT2D eigenvalue weighted by Crippen LogP contribution is -2.43. The Morgan fingerprint density at radius 3 is 2.87 bits per heavy atom. The van der Waals surface area contributed by atoms with Gasteiger partial charge in [0.05, 0.1) is 35.7 Å². The molecule has 0 fully saturated rings. The molecule has 0 spiro atoms. The molecule has 2 N–H and O–H groups in total. The van der Waals surface area contributed by atoms with Crippen molar-refractivity contribution in [1.29, 1.82) is 0 Å². The number of hydrogen-bond donors (Lipinski definition) is 2. The molecule has 1 unspecified atom stereocenters. The first-order chi connectivity index (χ1) is 11.0. The van der Waals surface area contributed by atoms with Crippen molar-refractivity contribution < 1.29 is 9.84 Å². The van der Waals surface area contributed by atoms with Crippen LogP contribution in [0.25, 0.3) is 0 Å². The number of nitrogens with zero attached hydrogens (tertiary/aromatic N) is 2. The number of halogens is 1. The fourth-order valence-corrected chi connectivity index (χ4v) is 3.69. The standard InChI is InChI=1S/C17H22ClN3O2/c1-11-16(18)14(21(2)20-11)9-19-17(10-22)8-7-12-13(17)5-4-6-15(12)23-3/h4-6,19,22H,7-10H2,1-3H3. The lowest BCUT2D eigenvalue weighted by molar-refractivity contribution is 0.158. The molecule has 6 heteroatoms. The molecule has 1 aliphatic rings. The van der Waals surface area contributed by atoms with E-state index in [1.165, 1.54) is 5.56 Å². The van der Waals surface area contributed by atoms with Crippen LogP contribution in [0, 0.1) is 6.92 Å². The van der Waals surface area contributed by atoms with Crippen LogP contribution in [0.5, 0.6) is 5.75 Å². The number of aryl methyl sites for hydroxylation is 2. The van der Waals surface area contributed by atoms with Crippen LogP contribution in [0.2, 0.25) is 5.02 Å². The average molecular weight is 336 g/mol. The number of hydrogen-bond acceptors (Lipinski definition) is 4. The zero-order valence-electron chi connectivity index (χ0n) is 13.7. The Bertz CT molecular complexity index is 729. The highest BCUT2D eigenvalue weighted by Crippen LogP contribution is 2.41. The molecule has 0 saturated heterocycles. The maximum atomic E-state index is 10.1. The fourth-order valence-electron chi connectivity index (χ4n) is 3.46. The maximum Gasteiger partial charge on any atom is 0.122 e. The zero-order valence-corrected chi connectivity index (χ0v) is 14.4. The summed E-state index contributed by atoms with van der Waals surface area (Å²) in [6.45, 7) is 2.47. The van der Waals surface area contributed by atoms with E-state index in [2.05, 4.69) is 16.5 Å². The summed E-state index contributed by atoms with van der Waals surface area (Å²) in [4.78, 5) is 0. The Labute approximate surface area is 141 Å². The van der Waals surface area contributed by atoms with Crippen molar-refractivity contribution in [3.05, 3.63) is 45.7 Å². The molecule has 124 valence electrons. The summed E-state index contributed by atoms with van der Waals surface area (Å²) in [6.07, 6.45) is 1.71. The van der Waals surface area contributed by atoms with Gasteiger partial charge >= 0.3 is 0 Å². The Hall–Kier alpha value is -1.56. The molecule has 0 saturated carbocycles. The van der Waals surface area contributed by atoms with Crippen LogP contribution in [0.4, 0.5) is 0 Å². The third-order valence-corrected chi connectivity index (χ3v) is 5.29. The van der Waals surface area contributed by atoms with Crippen molar-refractivity contribution in [2.45, 2.75) is 31.8 Å². The fraction of sp³-hybridized carbons (Fsp3) is 0.471. The summed E-state index contributed by atoms with van der Waals surface area (Å²) < 4.78 is 7.24. The minimum atomic E-state index is -0.467. The molecular weight excluding hydrogens is 314 g/mol. The normalized spacial score (nSPS) is 19.9. The van der Waals surface area contributed by atoms with Gasteiger partial charge in [-0.2, -0.15) is 5.10 Å². The van der Waals surface area contributed by atoms with Crippen LogP contribution in [0.15, 0.2) is 18.2 Å². The molecule has 1 aliphatic carbocycles. The van der Waals surface area contributed by atoms with Gasteiger partial charge in [0.15, 0.2) is 0 Å². The second kappa shape index (κ2) is 6.15. The highest BCUT2D eigenvalue weighted by molar-refractivity contribution is 6.31. The minimum absolute atomic E-state index is 0.0294. The number of ether oxygens (including phenoxy) is 1. The van der Waals surface area contributed by atoms with Crippen LogP contribution < -0.4 is 10.1 Å². The molecule has 5 nitrogen and oxygen atoms in total. The third-order valence-electron chi connectivity index (χ3n) is 4.80. The third kappa shape index (κ3) is 2.63. The van der Waals surface area contributed by atoms with Crippen molar-refractivity contribution in [2.75, 3.05) is 13.7 Å². The molecule has 1 heterocycles. The van der Waals surface area contributed by atoms with Crippen molar-refractivity contribution in [3.8, 4) is 5.75 Å². The molecule has 0 amide bonds. The molecule has 1 aromatic heterocycles. The van der Waals surface area contributed by atoms with E-state index >= 15 is 0 Å². The molecule has 1 atom stereocenters. The predicted molar refractivity (Wildman–Crippen MR) is 89.9 cm³/mol. The zero-order chi connectivity index (χ0) is 16.6. The number of aromatic nitrogens is 2. The Kier molecular flexibility index (Phi) is 4.36. The lowest BCUT2D eigenvalue weighted by Gasteiger charge is -2.30. The van der Waals surface area contributed by atoms with Crippen LogP contribution in [-0.4, -0.2) is 28.6 Å². The topological polar surface area (TPSA) is 59.3 Å². The van der Waals surface area contributed by atoms with Crippen molar-refractivity contribution in [1.82, 2.24) is 15.1 Å². The second-order valence-corrected chi connectivity index (χ2v) is 6.43. The number of aliphatic hydroxyl groups excluding tert-OH is 1. The molecule has 3 rings (SSSR count). The van der Waals surface area contributed by atoms with Crippen LogP contribution in [0.1, 0.15) is 28.9 Å². The number of methoxy groups -OCH3 is 1. The van der Waals surface area contributed by atoms with E-state index in [1.807, 2.05) is 26.1 Å². The number of nitrogens with one attached hydrogen (secondary N) is 1. The maximum absolute atomic E-state index is 10.1. The van der Waals surface area contributed by atoms with Gasteiger partial charge in [-0.1, -0.05) is 23.7 Å². The van der Waals surface area contributed by atoms with Crippen molar-refractivity contribution in [2.24, 2.45) is 7.05 Å². The van der Waals surface area contributed by atoms with Gasteiger partial charge in [0, 0.05) is 13.6 Å².